The molecule has 3 N–H and O–H groups in total. The highest BCUT2D eigenvalue weighted by Crippen LogP contribution is 2.11. The number of hydrogen-bond donors (Lipinski definition) is 3. The van der Waals surface area contributed by atoms with Crippen molar-refractivity contribution in [3.05, 3.63) is 29.8 Å². The second-order valence-corrected chi connectivity index (χ2v) is 5.29. The van der Waals surface area contributed by atoms with Crippen molar-refractivity contribution in [1.29, 1.82) is 0 Å². The van der Waals surface area contributed by atoms with Crippen LogP contribution in [-0.2, 0) is 16.0 Å². The topological polar surface area (TPSA) is 78.4 Å². The van der Waals surface area contributed by atoms with Crippen molar-refractivity contribution in [2.45, 2.75) is 39.3 Å². The predicted molar refractivity (Wildman–Crippen MR) is 77.2 cm³/mol. The van der Waals surface area contributed by atoms with Crippen LogP contribution >= 0.6 is 0 Å². The molecule has 1 rings (SSSR count). The zero-order valence-corrected chi connectivity index (χ0v) is 12.1. The summed E-state index contributed by atoms with van der Waals surface area (Å²) in [5.74, 6) is 0.0694. The molecule has 0 saturated heterocycles. The molecule has 0 aliphatic carbocycles. The van der Waals surface area contributed by atoms with Crippen molar-refractivity contribution in [1.82, 2.24) is 10.6 Å². The third-order valence-corrected chi connectivity index (χ3v) is 3.06. The molecular weight excluding hydrogens is 256 g/mol. The van der Waals surface area contributed by atoms with E-state index < -0.39 is 6.04 Å². The van der Waals surface area contributed by atoms with Crippen LogP contribution in [0.15, 0.2) is 24.3 Å². The third kappa shape index (κ3) is 4.91. The Hall–Kier alpha value is -2.04. The fraction of sp³-hybridized carbons (Fsp3) is 0.467. The Morgan fingerprint density at radius 3 is 2.35 bits per heavy atom. The molecule has 0 radical (unpaired) electrons. The highest BCUT2D eigenvalue weighted by molar-refractivity contribution is 5.84. The number of aromatic hydroxyl groups is 1. The van der Waals surface area contributed by atoms with Crippen molar-refractivity contribution in [2.75, 3.05) is 0 Å². The van der Waals surface area contributed by atoms with Crippen molar-refractivity contribution in [3.8, 4) is 5.75 Å². The average Bonchev–Trinajstić information content (AvgIpc) is 2.38. The molecule has 5 nitrogen and oxygen atoms in total. The lowest BCUT2D eigenvalue weighted by atomic mass is 10.0. The van der Waals surface area contributed by atoms with Crippen LogP contribution in [-0.4, -0.2) is 29.5 Å². The smallest absolute Gasteiger partial charge is 0.243 e. The van der Waals surface area contributed by atoms with E-state index in [0.29, 0.717) is 12.8 Å². The first-order valence-electron chi connectivity index (χ1n) is 6.72. The fourth-order valence-electron chi connectivity index (χ4n) is 2.01. The van der Waals surface area contributed by atoms with Gasteiger partial charge in [-0.05, 0) is 37.0 Å². The zero-order valence-electron chi connectivity index (χ0n) is 12.1. The van der Waals surface area contributed by atoms with Gasteiger partial charge in [0.2, 0.25) is 12.3 Å². The third-order valence-electron chi connectivity index (χ3n) is 3.06. The second-order valence-electron chi connectivity index (χ2n) is 5.29. The number of rotatable bonds is 7. The van der Waals surface area contributed by atoms with Gasteiger partial charge in [0.15, 0.2) is 0 Å². The van der Waals surface area contributed by atoms with Gasteiger partial charge in [0.25, 0.3) is 0 Å². The van der Waals surface area contributed by atoms with Crippen molar-refractivity contribution in [2.24, 2.45) is 5.92 Å². The molecule has 5 heteroatoms. The molecule has 0 spiro atoms. The summed E-state index contributed by atoms with van der Waals surface area (Å²) in [6, 6.07) is 6.31. The van der Waals surface area contributed by atoms with Gasteiger partial charge in [0, 0.05) is 6.04 Å². The minimum absolute atomic E-state index is 0.0288. The number of phenolic OH excluding ortho intramolecular Hbond substituents is 1. The van der Waals surface area contributed by atoms with Crippen LogP contribution in [0.4, 0.5) is 0 Å². The SMILES string of the molecule is CC(Cc1ccc(O)cc1)NC(=O)[C@@H](NC=O)C(C)C. The monoisotopic (exact) mass is 278 g/mol. The highest BCUT2D eigenvalue weighted by atomic mass is 16.3. The van der Waals surface area contributed by atoms with Crippen LogP contribution in [0.3, 0.4) is 0 Å². The molecule has 2 atom stereocenters. The summed E-state index contributed by atoms with van der Waals surface area (Å²) in [7, 11) is 0. The Morgan fingerprint density at radius 2 is 1.85 bits per heavy atom. The summed E-state index contributed by atoms with van der Waals surface area (Å²) in [6.45, 7) is 5.67. The minimum atomic E-state index is -0.519. The maximum atomic E-state index is 12.1. The number of carbonyl (C=O) groups is 2. The molecule has 1 unspecified atom stereocenters. The molecule has 0 fully saturated rings. The Labute approximate surface area is 119 Å². The normalized spacial score (nSPS) is 13.6. The summed E-state index contributed by atoms with van der Waals surface area (Å²) in [4.78, 5) is 22.6. The summed E-state index contributed by atoms with van der Waals surface area (Å²) in [5, 5.41) is 14.6. The predicted octanol–water partition coefficient (Wildman–Crippen LogP) is 1.21. The summed E-state index contributed by atoms with van der Waals surface area (Å²) in [6.07, 6.45) is 1.22. The number of hydrogen-bond acceptors (Lipinski definition) is 3. The molecule has 0 bridgehead atoms. The summed E-state index contributed by atoms with van der Waals surface area (Å²) < 4.78 is 0. The van der Waals surface area contributed by atoms with E-state index in [0.717, 1.165) is 5.56 Å². The molecule has 0 aromatic heterocycles. The van der Waals surface area contributed by atoms with Crippen LogP contribution in [0.2, 0.25) is 0 Å². The van der Waals surface area contributed by atoms with Crippen molar-refractivity contribution >= 4 is 12.3 Å². The van der Waals surface area contributed by atoms with E-state index in [1.54, 1.807) is 12.1 Å². The van der Waals surface area contributed by atoms with Gasteiger partial charge in [-0.3, -0.25) is 9.59 Å². The van der Waals surface area contributed by atoms with Crippen LogP contribution in [0.25, 0.3) is 0 Å². The van der Waals surface area contributed by atoms with E-state index in [1.807, 2.05) is 32.9 Å². The first-order valence-corrected chi connectivity index (χ1v) is 6.72. The number of amides is 2. The molecule has 1 aromatic carbocycles. The first kappa shape index (κ1) is 16.0. The summed E-state index contributed by atoms with van der Waals surface area (Å²) >= 11 is 0. The number of nitrogens with one attached hydrogen (secondary N) is 2. The summed E-state index contributed by atoms with van der Waals surface area (Å²) in [5.41, 5.74) is 1.03. The van der Waals surface area contributed by atoms with Gasteiger partial charge in [0.1, 0.15) is 11.8 Å². The van der Waals surface area contributed by atoms with Gasteiger partial charge in [0.05, 0.1) is 0 Å². The van der Waals surface area contributed by atoms with E-state index in [1.165, 1.54) is 0 Å². The van der Waals surface area contributed by atoms with E-state index >= 15 is 0 Å². The molecular formula is C15H22N2O3. The second kappa shape index (κ2) is 7.53. The quantitative estimate of drug-likeness (QED) is 0.656. The van der Waals surface area contributed by atoms with E-state index in [4.69, 9.17) is 0 Å². The molecule has 1 aromatic rings. The molecule has 20 heavy (non-hydrogen) atoms. The van der Waals surface area contributed by atoms with Gasteiger partial charge in [-0.2, -0.15) is 0 Å². The van der Waals surface area contributed by atoms with Gasteiger partial charge in [-0.25, -0.2) is 0 Å². The van der Waals surface area contributed by atoms with E-state index in [-0.39, 0.29) is 23.6 Å². The first-order chi connectivity index (χ1) is 9.43. The lowest BCUT2D eigenvalue weighted by Crippen LogP contribution is -2.49. The van der Waals surface area contributed by atoms with E-state index in [9.17, 15) is 14.7 Å². The van der Waals surface area contributed by atoms with Gasteiger partial charge >= 0.3 is 0 Å². The maximum absolute atomic E-state index is 12.1. The van der Waals surface area contributed by atoms with Gasteiger partial charge in [-0.1, -0.05) is 26.0 Å². The minimum Gasteiger partial charge on any atom is -0.508 e. The van der Waals surface area contributed by atoms with Crippen LogP contribution in [0, 0.1) is 5.92 Å². The standard InChI is InChI=1S/C15H22N2O3/c1-10(2)14(16-9-18)15(20)17-11(3)8-12-4-6-13(19)7-5-12/h4-7,9-11,14,19H,8H2,1-3H3,(H,16,18)(H,17,20)/t11?,14-/m0/s1. The molecule has 110 valence electrons. The Bertz CT molecular complexity index is 443. The molecule has 0 aliphatic rings. The Balaban J connectivity index is 2.56. The average molecular weight is 278 g/mol. The van der Waals surface area contributed by atoms with Crippen LogP contribution < -0.4 is 10.6 Å². The molecule has 0 heterocycles. The van der Waals surface area contributed by atoms with Gasteiger partial charge in [-0.15, -0.1) is 0 Å². The lowest BCUT2D eigenvalue weighted by Gasteiger charge is -2.22. The van der Waals surface area contributed by atoms with Crippen molar-refractivity contribution in [3.63, 3.8) is 0 Å². The highest BCUT2D eigenvalue weighted by Gasteiger charge is 2.22. The van der Waals surface area contributed by atoms with Gasteiger partial charge < -0.3 is 15.7 Å². The molecule has 2 amide bonds. The molecule has 0 aliphatic heterocycles. The Kier molecular flexibility index (Phi) is 6.03. The zero-order chi connectivity index (χ0) is 15.1. The molecule has 0 saturated carbocycles. The van der Waals surface area contributed by atoms with Crippen LogP contribution in [0.5, 0.6) is 5.75 Å². The number of carbonyl (C=O) groups excluding carboxylic acids is 2. The largest absolute Gasteiger partial charge is 0.508 e. The number of benzene rings is 1. The number of phenols is 1. The maximum Gasteiger partial charge on any atom is 0.243 e. The van der Waals surface area contributed by atoms with Crippen LogP contribution in [0.1, 0.15) is 26.3 Å². The van der Waals surface area contributed by atoms with Crippen molar-refractivity contribution < 1.29 is 14.7 Å². The lowest BCUT2D eigenvalue weighted by molar-refractivity contribution is -0.127. The Morgan fingerprint density at radius 1 is 1.25 bits per heavy atom. The van der Waals surface area contributed by atoms with E-state index in [2.05, 4.69) is 10.6 Å². The fourth-order valence-corrected chi connectivity index (χ4v) is 2.01.